The van der Waals surface area contributed by atoms with Gasteiger partial charge in [-0.05, 0) is 42.5 Å². The van der Waals surface area contributed by atoms with Crippen LogP contribution in [0.2, 0.25) is 0 Å². The van der Waals surface area contributed by atoms with Gasteiger partial charge in [-0.3, -0.25) is 4.79 Å². The van der Waals surface area contributed by atoms with Crippen LogP contribution in [0.5, 0.6) is 17.2 Å². The lowest BCUT2D eigenvalue weighted by molar-refractivity contribution is -0.118. The predicted octanol–water partition coefficient (Wildman–Crippen LogP) is 3.79. The summed E-state index contributed by atoms with van der Waals surface area (Å²) in [7, 11) is 0. The maximum absolute atomic E-state index is 12.2. The van der Waals surface area contributed by atoms with Crippen molar-refractivity contribution < 1.29 is 19.0 Å². The van der Waals surface area contributed by atoms with Gasteiger partial charge < -0.3 is 23.9 Å². The topological polar surface area (TPSA) is 74.1 Å². The van der Waals surface area contributed by atoms with Crippen LogP contribution < -0.4 is 19.5 Å². The third-order valence-corrected chi connectivity index (χ3v) is 4.69. The number of amides is 1. The summed E-state index contributed by atoms with van der Waals surface area (Å²) in [5.41, 5.74) is 3.18. The molecule has 0 bridgehead atoms. The second-order valence-corrected chi connectivity index (χ2v) is 6.82. The minimum Gasteiger partial charge on any atom is -0.486 e. The van der Waals surface area contributed by atoms with E-state index in [1.165, 1.54) is 0 Å². The number of carbonyl (C=O) groups is 1. The summed E-state index contributed by atoms with van der Waals surface area (Å²) >= 11 is 0. The zero-order valence-corrected chi connectivity index (χ0v) is 16.1. The lowest BCUT2D eigenvalue weighted by Gasteiger charge is -2.18. The molecular formula is C23H19N3O4. The van der Waals surface area contributed by atoms with Crippen molar-refractivity contribution in [2.75, 3.05) is 25.1 Å². The highest BCUT2D eigenvalue weighted by molar-refractivity contribution is 5.91. The number of carbonyl (C=O) groups excluding carboxylic acids is 1. The summed E-state index contributed by atoms with van der Waals surface area (Å²) in [5, 5.41) is 2.85. The average molecular weight is 401 g/mol. The molecule has 7 heteroatoms. The van der Waals surface area contributed by atoms with Crippen molar-refractivity contribution in [3.8, 4) is 28.5 Å². The highest BCUT2D eigenvalue weighted by atomic mass is 16.6. The van der Waals surface area contributed by atoms with E-state index in [4.69, 9.17) is 14.2 Å². The molecule has 1 amide bonds. The fourth-order valence-electron chi connectivity index (χ4n) is 3.27. The molecule has 30 heavy (non-hydrogen) atoms. The smallest absolute Gasteiger partial charge is 0.262 e. The maximum Gasteiger partial charge on any atom is 0.262 e. The number of imidazole rings is 1. The van der Waals surface area contributed by atoms with Crippen LogP contribution in [-0.4, -0.2) is 35.1 Å². The van der Waals surface area contributed by atoms with Crippen LogP contribution >= 0.6 is 0 Å². The number of nitrogens with one attached hydrogen (secondary N) is 1. The van der Waals surface area contributed by atoms with Crippen molar-refractivity contribution in [2.24, 2.45) is 0 Å². The Bertz CT molecular complexity index is 1200. The van der Waals surface area contributed by atoms with Gasteiger partial charge in [-0.25, -0.2) is 4.98 Å². The maximum atomic E-state index is 12.2. The van der Waals surface area contributed by atoms with Crippen LogP contribution in [0.15, 0.2) is 73.1 Å². The fourth-order valence-corrected chi connectivity index (χ4v) is 3.27. The first-order chi connectivity index (χ1) is 14.7. The van der Waals surface area contributed by atoms with Crippen LogP contribution in [0.1, 0.15) is 0 Å². The lowest BCUT2D eigenvalue weighted by Crippen LogP contribution is -2.20. The summed E-state index contributed by atoms with van der Waals surface area (Å²) < 4.78 is 18.6. The van der Waals surface area contributed by atoms with Crippen LogP contribution in [0.3, 0.4) is 0 Å². The van der Waals surface area contributed by atoms with Gasteiger partial charge in [0.25, 0.3) is 5.91 Å². The van der Waals surface area contributed by atoms with Gasteiger partial charge in [-0.2, -0.15) is 0 Å². The Morgan fingerprint density at radius 3 is 2.70 bits per heavy atom. The molecule has 0 saturated heterocycles. The quantitative estimate of drug-likeness (QED) is 0.551. The largest absolute Gasteiger partial charge is 0.486 e. The third kappa shape index (κ3) is 3.77. The van der Waals surface area contributed by atoms with Crippen LogP contribution in [0, 0.1) is 0 Å². The van der Waals surface area contributed by atoms with E-state index in [-0.39, 0.29) is 12.5 Å². The Labute approximate surface area is 172 Å². The van der Waals surface area contributed by atoms with Crippen molar-refractivity contribution in [2.45, 2.75) is 0 Å². The number of benzene rings is 2. The number of rotatable bonds is 5. The summed E-state index contributed by atoms with van der Waals surface area (Å²) in [6.45, 7) is 1.04. The average Bonchev–Trinajstić information content (AvgIpc) is 3.21. The molecule has 1 aliphatic rings. The number of fused-ring (bicyclic) bond motifs is 2. The first-order valence-corrected chi connectivity index (χ1v) is 9.61. The van der Waals surface area contributed by atoms with E-state index in [1.807, 2.05) is 77.5 Å². The summed E-state index contributed by atoms with van der Waals surface area (Å²) in [6.07, 6.45) is 3.74. The molecule has 7 nitrogen and oxygen atoms in total. The molecule has 3 heterocycles. The first kappa shape index (κ1) is 18.1. The number of nitrogens with zero attached hydrogens (tertiary/aromatic N) is 2. The monoisotopic (exact) mass is 401 g/mol. The summed E-state index contributed by atoms with van der Waals surface area (Å²) in [4.78, 5) is 16.9. The number of aromatic nitrogens is 2. The molecule has 1 aliphatic heterocycles. The molecule has 2 aromatic carbocycles. The molecule has 0 radical (unpaired) electrons. The number of para-hydroxylation sites is 1. The van der Waals surface area contributed by atoms with Crippen LogP contribution in [0.25, 0.3) is 16.9 Å². The van der Waals surface area contributed by atoms with Gasteiger partial charge in [0.1, 0.15) is 24.6 Å². The summed E-state index contributed by atoms with van der Waals surface area (Å²) in [6, 6.07) is 18.7. The molecule has 0 fully saturated rings. The standard InChI is InChI=1S/C23H19N3O4/c27-23(15-30-18-4-2-1-3-5-18)24-17-7-9-22-25-19(14-26(22)13-17)16-6-8-20-21(12-16)29-11-10-28-20/h1-9,12-14H,10-11,15H2,(H,24,27). The highest BCUT2D eigenvalue weighted by Gasteiger charge is 2.14. The summed E-state index contributed by atoms with van der Waals surface area (Å²) in [5.74, 6) is 1.89. The molecule has 5 rings (SSSR count). The van der Waals surface area contributed by atoms with Gasteiger partial charge in [0.15, 0.2) is 18.1 Å². The van der Waals surface area contributed by atoms with E-state index in [0.29, 0.717) is 24.7 Å². The zero-order chi connectivity index (χ0) is 20.3. The lowest BCUT2D eigenvalue weighted by atomic mass is 10.1. The minimum absolute atomic E-state index is 0.0611. The van der Waals surface area contributed by atoms with Crippen molar-refractivity contribution >= 4 is 17.2 Å². The van der Waals surface area contributed by atoms with E-state index >= 15 is 0 Å². The fraction of sp³-hybridized carbons (Fsp3) is 0.130. The first-order valence-electron chi connectivity index (χ1n) is 9.61. The molecule has 4 aromatic rings. The minimum atomic E-state index is -0.231. The Morgan fingerprint density at radius 1 is 1.00 bits per heavy atom. The van der Waals surface area contributed by atoms with Crippen molar-refractivity contribution in [1.82, 2.24) is 9.38 Å². The Kier molecular flexibility index (Phi) is 4.69. The molecule has 0 saturated carbocycles. The number of hydrogen-bond donors (Lipinski definition) is 1. The van der Waals surface area contributed by atoms with Gasteiger partial charge in [-0.1, -0.05) is 18.2 Å². The Morgan fingerprint density at radius 2 is 1.83 bits per heavy atom. The van der Waals surface area contributed by atoms with E-state index in [1.54, 1.807) is 0 Å². The van der Waals surface area contributed by atoms with Gasteiger partial charge in [0.2, 0.25) is 0 Å². The molecule has 1 N–H and O–H groups in total. The van der Waals surface area contributed by atoms with Gasteiger partial charge >= 0.3 is 0 Å². The zero-order valence-electron chi connectivity index (χ0n) is 16.1. The van der Waals surface area contributed by atoms with E-state index in [2.05, 4.69) is 10.3 Å². The number of pyridine rings is 1. The highest BCUT2D eigenvalue weighted by Crippen LogP contribution is 2.34. The van der Waals surface area contributed by atoms with Crippen molar-refractivity contribution in [3.05, 3.63) is 73.1 Å². The van der Waals surface area contributed by atoms with Crippen LogP contribution in [-0.2, 0) is 4.79 Å². The normalized spacial score (nSPS) is 12.5. The molecule has 150 valence electrons. The van der Waals surface area contributed by atoms with Crippen LogP contribution in [0.4, 0.5) is 5.69 Å². The second-order valence-electron chi connectivity index (χ2n) is 6.82. The predicted molar refractivity (Wildman–Crippen MR) is 112 cm³/mol. The van der Waals surface area contributed by atoms with Gasteiger partial charge in [0, 0.05) is 18.0 Å². The Balaban J connectivity index is 1.31. The van der Waals surface area contributed by atoms with Crippen molar-refractivity contribution in [1.29, 1.82) is 0 Å². The number of ether oxygens (including phenoxy) is 3. The van der Waals surface area contributed by atoms with Gasteiger partial charge in [-0.15, -0.1) is 0 Å². The van der Waals surface area contributed by atoms with E-state index < -0.39 is 0 Å². The molecule has 0 aliphatic carbocycles. The van der Waals surface area contributed by atoms with E-state index in [9.17, 15) is 4.79 Å². The van der Waals surface area contributed by atoms with Crippen molar-refractivity contribution in [3.63, 3.8) is 0 Å². The SMILES string of the molecule is O=C(COc1ccccc1)Nc1ccc2nc(-c3ccc4c(c3)OCCO4)cn2c1. The number of hydrogen-bond acceptors (Lipinski definition) is 5. The number of anilines is 1. The second kappa shape index (κ2) is 7.79. The molecule has 0 unspecified atom stereocenters. The molecular weight excluding hydrogens is 382 g/mol. The molecule has 2 aromatic heterocycles. The molecule has 0 atom stereocenters. The Hall–Kier alpha value is -4.00. The molecule has 0 spiro atoms. The van der Waals surface area contributed by atoms with E-state index in [0.717, 1.165) is 28.4 Å². The van der Waals surface area contributed by atoms with Gasteiger partial charge in [0.05, 0.1) is 11.4 Å². The third-order valence-electron chi connectivity index (χ3n) is 4.69.